The molecule has 0 atom stereocenters. The van der Waals surface area contributed by atoms with Crippen molar-refractivity contribution in [3.8, 4) is 0 Å². The van der Waals surface area contributed by atoms with Crippen molar-refractivity contribution in [1.29, 1.82) is 0 Å². The lowest BCUT2D eigenvalue weighted by atomic mass is 10.2. The molecule has 9 heteroatoms. The van der Waals surface area contributed by atoms with Gasteiger partial charge in [-0.1, -0.05) is 11.6 Å². The van der Waals surface area contributed by atoms with Crippen molar-refractivity contribution in [2.24, 2.45) is 0 Å². The zero-order valence-electron chi connectivity index (χ0n) is 12.1. The number of hydrogen-bond acceptors (Lipinski definition) is 5. The Morgan fingerprint density at radius 2 is 1.74 bits per heavy atom. The lowest BCUT2D eigenvalue weighted by molar-refractivity contribution is 0.0698. The Labute approximate surface area is 143 Å². The molecule has 0 aliphatic carbocycles. The Morgan fingerprint density at radius 3 is 2.30 bits per heavy atom. The highest BCUT2D eigenvalue weighted by atomic mass is 35.5. The van der Waals surface area contributed by atoms with Crippen LogP contribution in [0.4, 0.5) is 0 Å². The molecule has 0 aromatic carbocycles. The predicted molar refractivity (Wildman–Crippen MR) is 88.2 cm³/mol. The molecule has 0 radical (unpaired) electrons. The molecule has 0 saturated carbocycles. The molecule has 1 aliphatic heterocycles. The van der Waals surface area contributed by atoms with E-state index in [1.807, 2.05) is 0 Å². The SMILES string of the molecule is O=C(c1ccncc1)N1CCN(S(=O)(=O)c2ccc(Cl)s2)CC1. The summed E-state index contributed by atoms with van der Waals surface area (Å²) in [7, 11) is -3.54. The summed E-state index contributed by atoms with van der Waals surface area (Å²) >= 11 is 6.86. The van der Waals surface area contributed by atoms with Crippen LogP contribution in [-0.2, 0) is 10.0 Å². The Kier molecular flexibility index (Phi) is 4.67. The van der Waals surface area contributed by atoms with Crippen LogP contribution in [0.3, 0.4) is 0 Å². The van der Waals surface area contributed by atoms with Gasteiger partial charge in [0.05, 0.1) is 4.34 Å². The first-order valence-corrected chi connectivity index (χ1v) is 9.57. The highest BCUT2D eigenvalue weighted by Crippen LogP contribution is 2.28. The van der Waals surface area contributed by atoms with Gasteiger partial charge in [-0.2, -0.15) is 4.31 Å². The molecule has 1 fully saturated rings. The Balaban J connectivity index is 1.68. The molecule has 1 amide bonds. The summed E-state index contributed by atoms with van der Waals surface area (Å²) in [6.45, 7) is 1.27. The van der Waals surface area contributed by atoms with Gasteiger partial charge in [-0.25, -0.2) is 8.42 Å². The second-order valence-electron chi connectivity index (χ2n) is 4.99. The second-order valence-corrected chi connectivity index (χ2v) is 8.87. The van der Waals surface area contributed by atoms with Crippen LogP contribution in [0.15, 0.2) is 40.9 Å². The lowest BCUT2D eigenvalue weighted by Crippen LogP contribution is -2.50. The van der Waals surface area contributed by atoms with E-state index in [0.29, 0.717) is 23.0 Å². The number of carbonyl (C=O) groups excluding carboxylic acids is 1. The first kappa shape index (κ1) is 16.4. The van der Waals surface area contributed by atoms with Crippen molar-refractivity contribution in [2.45, 2.75) is 4.21 Å². The van der Waals surface area contributed by atoms with Gasteiger partial charge in [0, 0.05) is 44.1 Å². The van der Waals surface area contributed by atoms with Gasteiger partial charge in [0.1, 0.15) is 4.21 Å². The predicted octanol–water partition coefficient (Wildman–Crippen LogP) is 1.94. The molecule has 6 nitrogen and oxygen atoms in total. The number of hydrogen-bond donors (Lipinski definition) is 0. The van der Waals surface area contributed by atoms with Crippen LogP contribution in [0, 0.1) is 0 Å². The van der Waals surface area contributed by atoms with Crippen LogP contribution >= 0.6 is 22.9 Å². The Bertz CT molecular complexity index is 800. The van der Waals surface area contributed by atoms with Crippen molar-refractivity contribution >= 4 is 38.9 Å². The average Bonchev–Trinajstić information content (AvgIpc) is 3.02. The van der Waals surface area contributed by atoms with E-state index in [0.717, 1.165) is 11.3 Å². The summed E-state index contributed by atoms with van der Waals surface area (Å²) in [5, 5.41) is 0. The van der Waals surface area contributed by atoms with E-state index in [2.05, 4.69) is 4.98 Å². The average molecular weight is 372 g/mol. The Morgan fingerprint density at radius 1 is 1.09 bits per heavy atom. The summed E-state index contributed by atoms with van der Waals surface area (Å²) in [5.41, 5.74) is 0.557. The number of piperazine rings is 1. The van der Waals surface area contributed by atoms with E-state index < -0.39 is 10.0 Å². The maximum atomic E-state index is 12.5. The third kappa shape index (κ3) is 3.40. The number of sulfonamides is 1. The van der Waals surface area contributed by atoms with Gasteiger partial charge in [-0.3, -0.25) is 9.78 Å². The maximum absolute atomic E-state index is 12.5. The molecule has 0 bridgehead atoms. The molecule has 0 unspecified atom stereocenters. The normalized spacial score (nSPS) is 16.5. The van der Waals surface area contributed by atoms with Gasteiger partial charge in [-0.15, -0.1) is 11.3 Å². The van der Waals surface area contributed by atoms with Gasteiger partial charge in [0.15, 0.2) is 0 Å². The number of aromatic nitrogens is 1. The number of amides is 1. The molecule has 3 rings (SSSR count). The highest BCUT2D eigenvalue weighted by molar-refractivity contribution is 7.91. The fraction of sp³-hybridized carbons (Fsp3) is 0.286. The third-order valence-corrected chi connectivity index (χ3v) is 7.19. The van der Waals surface area contributed by atoms with Gasteiger partial charge in [0.2, 0.25) is 0 Å². The molecule has 2 aromatic heterocycles. The standard InChI is InChI=1S/C14H14ClN3O3S2/c15-12-1-2-13(22-12)23(20,21)18-9-7-17(8-10-18)14(19)11-3-5-16-6-4-11/h1-6H,7-10H2. The quantitative estimate of drug-likeness (QED) is 0.826. The van der Waals surface area contributed by atoms with Crippen LogP contribution in [0.2, 0.25) is 4.34 Å². The van der Waals surface area contributed by atoms with Crippen LogP contribution in [-0.4, -0.2) is 54.7 Å². The zero-order chi connectivity index (χ0) is 16.4. The number of nitrogens with zero attached hydrogens (tertiary/aromatic N) is 3. The van der Waals surface area contributed by atoms with E-state index in [9.17, 15) is 13.2 Å². The molecule has 1 aliphatic rings. The minimum absolute atomic E-state index is 0.108. The van der Waals surface area contributed by atoms with E-state index >= 15 is 0 Å². The molecule has 0 N–H and O–H groups in total. The van der Waals surface area contributed by atoms with E-state index in [-0.39, 0.29) is 23.2 Å². The van der Waals surface area contributed by atoms with Gasteiger partial charge in [-0.05, 0) is 24.3 Å². The smallest absolute Gasteiger partial charge is 0.254 e. The summed E-state index contributed by atoms with van der Waals surface area (Å²) < 4.78 is 27.1. The van der Waals surface area contributed by atoms with Crippen LogP contribution in [0.25, 0.3) is 0 Å². The van der Waals surface area contributed by atoms with E-state index in [4.69, 9.17) is 11.6 Å². The number of pyridine rings is 1. The number of halogens is 1. The molecule has 23 heavy (non-hydrogen) atoms. The minimum Gasteiger partial charge on any atom is -0.336 e. The molecule has 1 saturated heterocycles. The van der Waals surface area contributed by atoms with Gasteiger partial charge in [0.25, 0.3) is 15.9 Å². The fourth-order valence-electron chi connectivity index (χ4n) is 2.37. The largest absolute Gasteiger partial charge is 0.336 e. The fourth-order valence-corrected chi connectivity index (χ4v) is 5.43. The number of carbonyl (C=O) groups is 1. The van der Waals surface area contributed by atoms with E-state index in [1.54, 1.807) is 35.5 Å². The lowest BCUT2D eigenvalue weighted by Gasteiger charge is -2.33. The summed E-state index contributed by atoms with van der Waals surface area (Å²) in [6, 6.07) is 6.39. The van der Waals surface area contributed by atoms with Crippen molar-refractivity contribution in [3.05, 3.63) is 46.6 Å². The monoisotopic (exact) mass is 371 g/mol. The van der Waals surface area contributed by atoms with Crippen LogP contribution in [0.5, 0.6) is 0 Å². The van der Waals surface area contributed by atoms with Gasteiger partial charge < -0.3 is 4.90 Å². The Hall–Kier alpha value is -1.48. The number of thiophene rings is 1. The van der Waals surface area contributed by atoms with Crippen LogP contribution < -0.4 is 0 Å². The first-order valence-electron chi connectivity index (χ1n) is 6.93. The first-order chi connectivity index (χ1) is 11.0. The number of rotatable bonds is 3. The van der Waals surface area contributed by atoms with Crippen molar-refractivity contribution in [2.75, 3.05) is 26.2 Å². The second kappa shape index (κ2) is 6.56. The minimum atomic E-state index is -3.54. The molecule has 0 spiro atoms. The molecule has 3 heterocycles. The summed E-state index contributed by atoms with van der Waals surface area (Å²) in [6.07, 6.45) is 3.13. The maximum Gasteiger partial charge on any atom is 0.254 e. The third-order valence-electron chi connectivity index (χ3n) is 3.60. The van der Waals surface area contributed by atoms with Crippen molar-refractivity contribution < 1.29 is 13.2 Å². The topological polar surface area (TPSA) is 70.6 Å². The summed E-state index contributed by atoms with van der Waals surface area (Å²) in [4.78, 5) is 17.9. The summed E-state index contributed by atoms with van der Waals surface area (Å²) in [5.74, 6) is -0.108. The highest BCUT2D eigenvalue weighted by Gasteiger charge is 2.31. The van der Waals surface area contributed by atoms with Crippen molar-refractivity contribution in [1.82, 2.24) is 14.2 Å². The molecule has 122 valence electrons. The molecule has 2 aromatic rings. The van der Waals surface area contributed by atoms with Gasteiger partial charge >= 0.3 is 0 Å². The van der Waals surface area contributed by atoms with Crippen molar-refractivity contribution in [3.63, 3.8) is 0 Å². The van der Waals surface area contributed by atoms with E-state index in [1.165, 1.54) is 10.4 Å². The zero-order valence-corrected chi connectivity index (χ0v) is 14.4. The van der Waals surface area contributed by atoms with Crippen LogP contribution in [0.1, 0.15) is 10.4 Å². The molecular formula is C14H14ClN3O3S2. The molecular weight excluding hydrogens is 358 g/mol.